The zero-order valence-electron chi connectivity index (χ0n) is 7.38. The van der Waals surface area contributed by atoms with Gasteiger partial charge >= 0.3 is 5.97 Å². The van der Waals surface area contributed by atoms with Crippen LogP contribution in [0, 0.1) is 0 Å². The summed E-state index contributed by atoms with van der Waals surface area (Å²) >= 11 is 0. The Labute approximate surface area is 95.0 Å². The van der Waals surface area contributed by atoms with Crippen molar-refractivity contribution in [2.45, 2.75) is 13.0 Å². The summed E-state index contributed by atoms with van der Waals surface area (Å²) in [7, 11) is 0. The number of carboxylic acids is 1. The van der Waals surface area contributed by atoms with Crippen LogP contribution in [0.15, 0.2) is 36.4 Å². The Kier molecular flexibility index (Phi) is 10.8. The molecule has 0 amide bonds. The van der Waals surface area contributed by atoms with E-state index in [0.29, 0.717) is 0 Å². The predicted molar refractivity (Wildman–Crippen MR) is 63.1 cm³/mol. The number of benzene rings is 1. The highest BCUT2D eigenvalue weighted by Gasteiger charge is 1.99. The quantitative estimate of drug-likeness (QED) is 0.775. The molecule has 1 aromatic rings. The molecule has 0 bridgehead atoms. The van der Waals surface area contributed by atoms with Crippen LogP contribution in [0.1, 0.15) is 6.92 Å². The number of hydrogen-bond acceptors (Lipinski definition) is 2. The van der Waals surface area contributed by atoms with Crippen molar-refractivity contribution in [3.8, 4) is 0 Å². The Bertz CT molecular complexity index is 187. The van der Waals surface area contributed by atoms with Crippen molar-refractivity contribution in [3.63, 3.8) is 0 Å². The van der Waals surface area contributed by atoms with Gasteiger partial charge in [-0.15, -0.1) is 24.0 Å². The molecule has 0 radical (unpaired) electrons. The minimum Gasteiger partial charge on any atom is -0.480 e. The molecule has 3 nitrogen and oxygen atoms in total. The molecule has 13 heavy (non-hydrogen) atoms. The van der Waals surface area contributed by atoms with Crippen LogP contribution >= 0.6 is 24.0 Å². The maximum atomic E-state index is 9.57. The zero-order valence-corrected chi connectivity index (χ0v) is 9.71. The van der Waals surface area contributed by atoms with Gasteiger partial charge in [-0.1, -0.05) is 36.4 Å². The lowest BCUT2D eigenvalue weighted by atomic mass is 10.4. The van der Waals surface area contributed by atoms with Crippen molar-refractivity contribution in [2.24, 2.45) is 5.73 Å². The van der Waals surface area contributed by atoms with Gasteiger partial charge in [0, 0.05) is 0 Å². The Morgan fingerprint density at radius 1 is 1.15 bits per heavy atom. The second-order valence-electron chi connectivity index (χ2n) is 2.28. The van der Waals surface area contributed by atoms with Gasteiger partial charge in [-0.3, -0.25) is 4.79 Å². The van der Waals surface area contributed by atoms with Gasteiger partial charge < -0.3 is 10.8 Å². The summed E-state index contributed by atoms with van der Waals surface area (Å²) in [4.78, 5) is 9.57. The van der Waals surface area contributed by atoms with Crippen LogP contribution in [0.3, 0.4) is 0 Å². The first kappa shape index (κ1) is 14.9. The summed E-state index contributed by atoms with van der Waals surface area (Å²) in [5.41, 5.74) is 4.84. The molecule has 0 aliphatic heterocycles. The van der Waals surface area contributed by atoms with Crippen LogP contribution in [0.4, 0.5) is 0 Å². The molecule has 0 saturated heterocycles. The highest BCUT2D eigenvalue weighted by atomic mass is 127. The Morgan fingerprint density at radius 3 is 1.38 bits per heavy atom. The lowest BCUT2D eigenvalue weighted by Gasteiger charge is -1.90. The summed E-state index contributed by atoms with van der Waals surface area (Å²) in [6.07, 6.45) is 0. The Balaban J connectivity index is 0. The molecular formula is C9H14INO2. The highest BCUT2D eigenvalue weighted by Crippen LogP contribution is 1.79. The molecule has 3 N–H and O–H groups in total. The summed E-state index contributed by atoms with van der Waals surface area (Å²) in [5, 5.41) is 7.87. The maximum absolute atomic E-state index is 9.57. The van der Waals surface area contributed by atoms with Gasteiger partial charge in [0.2, 0.25) is 0 Å². The predicted octanol–water partition coefficient (Wildman–Crippen LogP) is 1.72. The Hall–Kier alpha value is -0.620. The summed E-state index contributed by atoms with van der Waals surface area (Å²) in [6, 6.07) is 11.3. The van der Waals surface area contributed by atoms with Crippen LogP contribution in [0.25, 0.3) is 0 Å². The normalized spacial score (nSPS) is 10.0. The van der Waals surface area contributed by atoms with E-state index in [9.17, 15) is 4.79 Å². The molecule has 1 aromatic carbocycles. The van der Waals surface area contributed by atoms with E-state index in [1.807, 2.05) is 36.4 Å². The van der Waals surface area contributed by atoms with Gasteiger partial charge in [-0.05, 0) is 6.92 Å². The van der Waals surface area contributed by atoms with Crippen molar-refractivity contribution in [2.75, 3.05) is 0 Å². The van der Waals surface area contributed by atoms with Crippen LogP contribution in [0.5, 0.6) is 0 Å². The zero-order chi connectivity index (χ0) is 9.40. The molecule has 0 aromatic heterocycles. The minimum atomic E-state index is -0.963. The van der Waals surface area contributed by atoms with E-state index in [4.69, 9.17) is 10.8 Å². The third kappa shape index (κ3) is 11.4. The third-order valence-corrected chi connectivity index (χ3v) is 1.06. The molecule has 1 unspecified atom stereocenters. The third-order valence-electron chi connectivity index (χ3n) is 1.06. The molecule has 0 saturated carbocycles. The number of nitrogens with two attached hydrogens (primary N) is 1. The standard InChI is InChI=1S/C6H6.C3H7NO2.HI/c1-2-4-6-5-3-1;1-2(4)3(5)6;/h1-6H;2H,4H2,1H3,(H,5,6);1H. The van der Waals surface area contributed by atoms with E-state index in [0.717, 1.165) is 0 Å². The molecule has 0 aliphatic rings. The van der Waals surface area contributed by atoms with Crippen molar-refractivity contribution in [1.29, 1.82) is 0 Å². The first-order chi connectivity index (χ1) is 5.64. The van der Waals surface area contributed by atoms with Crippen LogP contribution in [-0.4, -0.2) is 17.1 Å². The van der Waals surface area contributed by atoms with Gasteiger partial charge in [0.15, 0.2) is 0 Å². The fourth-order valence-corrected chi connectivity index (χ4v) is 0.385. The van der Waals surface area contributed by atoms with E-state index < -0.39 is 12.0 Å². The van der Waals surface area contributed by atoms with Gasteiger partial charge in [0.1, 0.15) is 6.04 Å². The molecule has 0 heterocycles. The number of rotatable bonds is 1. The van der Waals surface area contributed by atoms with Crippen LogP contribution in [0.2, 0.25) is 0 Å². The number of carbonyl (C=O) groups is 1. The van der Waals surface area contributed by atoms with Crippen molar-refractivity contribution in [1.82, 2.24) is 0 Å². The van der Waals surface area contributed by atoms with Crippen LogP contribution < -0.4 is 5.73 Å². The number of hydrogen-bond donors (Lipinski definition) is 2. The molecule has 0 fully saturated rings. The smallest absolute Gasteiger partial charge is 0.320 e. The van der Waals surface area contributed by atoms with E-state index in [-0.39, 0.29) is 24.0 Å². The van der Waals surface area contributed by atoms with Crippen molar-refractivity contribution >= 4 is 29.9 Å². The van der Waals surface area contributed by atoms with Gasteiger partial charge in [0.05, 0.1) is 0 Å². The average molecular weight is 295 g/mol. The summed E-state index contributed by atoms with van der Waals surface area (Å²) in [5.74, 6) is -0.963. The van der Waals surface area contributed by atoms with Crippen molar-refractivity contribution in [3.05, 3.63) is 36.4 Å². The monoisotopic (exact) mass is 295 g/mol. The first-order valence-electron chi connectivity index (χ1n) is 3.63. The fraction of sp³-hybridized carbons (Fsp3) is 0.222. The molecule has 4 heteroatoms. The lowest BCUT2D eigenvalue weighted by molar-refractivity contribution is -0.138. The molecule has 1 atom stereocenters. The lowest BCUT2D eigenvalue weighted by Crippen LogP contribution is -2.25. The summed E-state index contributed by atoms with van der Waals surface area (Å²) in [6.45, 7) is 1.42. The molecule has 0 spiro atoms. The van der Waals surface area contributed by atoms with Gasteiger partial charge in [-0.25, -0.2) is 0 Å². The number of aliphatic carboxylic acids is 1. The second kappa shape index (κ2) is 9.47. The Morgan fingerprint density at radius 2 is 1.31 bits per heavy atom. The van der Waals surface area contributed by atoms with Gasteiger partial charge in [0.25, 0.3) is 0 Å². The summed E-state index contributed by atoms with van der Waals surface area (Å²) < 4.78 is 0. The van der Waals surface area contributed by atoms with E-state index >= 15 is 0 Å². The van der Waals surface area contributed by atoms with E-state index in [2.05, 4.69) is 0 Å². The van der Waals surface area contributed by atoms with Gasteiger partial charge in [-0.2, -0.15) is 0 Å². The maximum Gasteiger partial charge on any atom is 0.320 e. The largest absolute Gasteiger partial charge is 0.480 e. The molecule has 0 aliphatic carbocycles. The topological polar surface area (TPSA) is 63.3 Å². The average Bonchev–Trinajstić information content (AvgIpc) is 2.08. The number of carboxylic acid groups (broad SMARTS) is 1. The van der Waals surface area contributed by atoms with E-state index in [1.54, 1.807) is 0 Å². The SMILES string of the molecule is CC(N)C(=O)O.I.c1ccccc1. The molecular weight excluding hydrogens is 281 g/mol. The van der Waals surface area contributed by atoms with Crippen LogP contribution in [-0.2, 0) is 4.79 Å². The van der Waals surface area contributed by atoms with Crippen molar-refractivity contribution < 1.29 is 9.90 Å². The second-order valence-corrected chi connectivity index (χ2v) is 2.28. The minimum absolute atomic E-state index is 0. The first-order valence-corrected chi connectivity index (χ1v) is 3.63. The number of halogens is 1. The molecule has 1 rings (SSSR count). The van der Waals surface area contributed by atoms with E-state index in [1.165, 1.54) is 6.92 Å². The highest BCUT2D eigenvalue weighted by molar-refractivity contribution is 14.0. The fourth-order valence-electron chi connectivity index (χ4n) is 0.385. The molecule has 74 valence electrons.